The molecule has 9 nitrogen and oxygen atoms in total. The molecule has 2 atom stereocenters. The van der Waals surface area contributed by atoms with Gasteiger partial charge >= 0.3 is 0 Å². The first kappa shape index (κ1) is 33.7. The minimum atomic E-state index is -0.851. The van der Waals surface area contributed by atoms with Crippen molar-refractivity contribution in [2.75, 3.05) is 26.7 Å². The summed E-state index contributed by atoms with van der Waals surface area (Å²) >= 11 is 0. The molecular formula is C34H47ClN4O5. The van der Waals surface area contributed by atoms with Crippen LogP contribution >= 0.6 is 12.4 Å². The topological polar surface area (TPSA) is 111 Å². The number of nitrogens with one attached hydrogen (secondary N) is 2. The number of aliphatic hydroxyl groups is 1. The summed E-state index contributed by atoms with van der Waals surface area (Å²) in [5.41, 5.74) is 0.867. The second kappa shape index (κ2) is 15.2. The van der Waals surface area contributed by atoms with Gasteiger partial charge in [0.1, 0.15) is 23.1 Å². The van der Waals surface area contributed by atoms with E-state index < -0.39 is 17.7 Å². The van der Waals surface area contributed by atoms with Crippen LogP contribution in [-0.4, -0.2) is 77.0 Å². The normalized spacial score (nSPS) is 21.3. The molecule has 44 heavy (non-hydrogen) atoms. The lowest BCUT2D eigenvalue weighted by Gasteiger charge is -2.52. The lowest BCUT2D eigenvalue weighted by atomic mass is 9.78. The molecule has 240 valence electrons. The Morgan fingerprint density at radius 2 is 1.64 bits per heavy atom. The summed E-state index contributed by atoms with van der Waals surface area (Å²) < 4.78 is 5.95. The SMILES string of the molecule is CCCCN1C(=O)[C@@H]([C@H](O)C2CCCCC2)NC(=O)C12CCN(Cc1ccc(Oc3ccc(C(=O)NC)cc3)cc1)CC2.Cl. The van der Waals surface area contributed by atoms with Crippen LogP contribution in [0, 0.1) is 5.92 Å². The van der Waals surface area contributed by atoms with Gasteiger partial charge < -0.3 is 25.4 Å². The van der Waals surface area contributed by atoms with E-state index in [1.165, 1.54) is 6.42 Å². The molecular weight excluding hydrogens is 580 g/mol. The number of piperazine rings is 1. The lowest BCUT2D eigenvalue weighted by molar-refractivity contribution is -0.166. The molecule has 10 heteroatoms. The van der Waals surface area contributed by atoms with E-state index in [4.69, 9.17) is 4.74 Å². The molecule has 3 fully saturated rings. The van der Waals surface area contributed by atoms with Crippen LogP contribution in [0.4, 0.5) is 0 Å². The Morgan fingerprint density at radius 1 is 1.02 bits per heavy atom. The summed E-state index contributed by atoms with van der Waals surface area (Å²) in [6, 6.07) is 14.1. The molecule has 0 radical (unpaired) electrons. The van der Waals surface area contributed by atoms with E-state index in [1.807, 2.05) is 29.2 Å². The Kier molecular flexibility index (Phi) is 11.7. The summed E-state index contributed by atoms with van der Waals surface area (Å²) in [5.74, 6) is 1.08. The highest BCUT2D eigenvalue weighted by atomic mass is 35.5. The van der Waals surface area contributed by atoms with Gasteiger partial charge in [-0.25, -0.2) is 0 Å². The minimum absolute atomic E-state index is 0. The molecule has 0 aromatic heterocycles. The molecule has 1 saturated carbocycles. The molecule has 1 spiro atoms. The number of carbonyl (C=O) groups excluding carboxylic acids is 3. The fraction of sp³-hybridized carbons (Fsp3) is 0.559. The quantitative estimate of drug-likeness (QED) is 0.354. The van der Waals surface area contributed by atoms with E-state index in [0.29, 0.717) is 49.5 Å². The highest BCUT2D eigenvalue weighted by molar-refractivity contribution is 6.00. The predicted molar refractivity (Wildman–Crippen MR) is 172 cm³/mol. The number of amides is 3. The molecule has 3 aliphatic rings. The number of benzene rings is 2. The third kappa shape index (κ3) is 7.38. The van der Waals surface area contributed by atoms with Crippen molar-refractivity contribution in [3.63, 3.8) is 0 Å². The first-order valence-corrected chi connectivity index (χ1v) is 16.0. The van der Waals surface area contributed by atoms with Crippen LogP contribution in [-0.2, 0) is 16.1 Å². The Balaban J connectivity index is 0.00000442. The third-order valence-corrected chi connectivity index (χ3v) is 9.56. The summed E-state index contributed by atoms with van der Waals surface area (Å²) in [6.45, 7) is 4.79. The number of ether oxygens (including phenoxy) is 1. The van der Waals surface area contributed by atoms with Crippen molar-refractivity contribution in [1.29, 1.82) is 0 Å². The number of halogens is 1. The van der Waals surface area contributed by atoms with Gasteiger partial charge in [0.15, 0.2) is 0 Å². The molecule has 5 rings (SSSR count). The highest BCUT2D eigenvalue weighted by Gasteiger charge is 2.55. The number of unbranched alkanes of at least 4 members (excludes halogenated alkanes) is 1. The number of likely N-dealkylation sites (tertiary alicyclic amines) is 1. The number of piperidine rings is 1. The van der Waals surface area contributed by atoms with Crippen molar-refractivity contribution in [1.82, 2.24) is 20.4 Å². The minimum Gasteiger partial charge on any atom is -0.457 e. The average molecular weight is 627 g/mol. The molecule has 3 N–H and O–H groups in total. The van der Waals surface area contributed by atoms with Crippen molar-refractivity contribution in [2.24, 2.45) is 5.92 Å². The molecule has 2 aromatic carbocycles. The van der Waals surface area contributed by atoms with Gasteiger partial charge in [-0.15, -0.1) is 12.4 Å². The van der Waals surface area contributed by atoms with Gasteiger partial charge in [-0.3, -0.25) is 19.3 Å². The van der Waals surface area contributed by atoms with E-state index >= 15 is 0 Å². The van der Waals surface area contributed by atoms with E-state index in [9.17, 15) is 19.5 Å². The number of carbonyl (C=O) groups is 3. The standard InChI is InChI=1S/C34H46N4O5.ClH/c1-3-4-20-38-32(41)29(30(39)25-8-6-5-7-9-25)36-33(42)34(38)18-21-37(22-19-34)23-24-10-14-27(15-11-24)43-28-16-12-26(13-17-28)31(40)35-2;/h10-17,25,29-30,39H,3-9,18-23H2,1-2H3,(H,35,40)(H,36,42);1H/t29-,30-;/m1./s1. The smallest absolute Gasteiger partial charge is 0.251 e. The maximum atomic E-state index is 13.8. The maximum Gasteiger partial charge on any atom is 0.251 e. The Morgan fingerprint density at radius 3 is 2.23 bits per heavy atom. The van der Waals surface area contributed by atoms with Crippen molar-refractivity contribution in [3.8, 4) is 11.5 Å². The van der Waals surface area contributed by atoms with Gasteiger partial charge in [0.2, 0.25) is 11.8 Å². The third-order valence-electron chi connectivity index (χ3n) is 9.56. The first-order chi connectivity index (χ1) is 20.8. The summed E-state index contributed by atoms with van der Waals surface area (Å²) in [6.07, 6.45) is 7.23. The Bertz CT molecular complexity index is 1260. The zero-order valence-electron chi connectivity index (χ0n) is 25.9. The molecule has 2 aliphatic heterocycles. The Hall–Kier alpha value is -3.14. The Labute approximate surface area is 267 Å². The average Bonchev–Trinajstić information content (AvgIpc) is 3.04. The second-order valence-corrected chi connectivity index (χ2v) is 12.3. The fourth-order valence-corrected chi connectivity index (χ4v) is 6.91. The zero-order chi connectivity index (χ0) is 30.4. The monoisotopic (exact) mass is 626 g/mol. The number of hydrogen-bond donors (Lipinski definition) is 3. The van der Waals surface area contributed by atoms with E-state index in [-0.39, 0.29) is 36.0 Å². The lowest BCUT2D eigenvalue weighted by Crippen LogP contribution is -2.75. The zero-order valence-corrected chi connectivity index (χ0v) is 26.7. The van der Waals surface area contributed by atoms with Gasteiger partial charge in [-0.1, -0.05) is 44.7 Å². The van der Waals surface area contributed by atoms with Crippen molar-refractivity contribution in [2.45, 2.75) is 88.9 Å². The fourth-order valence-electron chi connectivity index (χ4n) is 6.91. The van der Waals surface area contributed by atoms with Gasteiger partial charge in [-0.2, -0.15) is 0 Å². The van der Waals surface area contributed by atoms with Crippen molar-refractivity contribution >= 4 is 30.1 Å². The van der Waals surface area contributed by atoms with Crippen LogP contribution in [0.5, 0.6) is 11.5 Å². The van der Waals surface area contributed by atoms with Gasteiger partial charge in [0.05, 0.1) is 6.10 Å². The summed E-state index contributed by atoms with van der Waals surface area (Å²) in [7, 11) is 1.60. The maximum absolute atomic E-state index is 13.8. The first-order valence-electron chi connectivity index (χ1n) is 16.0. The molecule has 1 aliphatic carbocycles. The number of nitrogens with zero attached hydrogens (tertiary/aromatic N) is 2. The predicted octanol–water partition coefficient (Wildman–Crippen LogP) is 4.66. The second-order valence-electron chi connectivity index (χ2n) is 12.3. The van der Waals surface area contributed by atoms with Gasteiger partial charge in [0, 0.05) is 38.8 Å². The number of rotatable bonds is 10. The van der Waals surface area contributed by atoms with Crippen molar-refractivity contribution < 1.29 is 24.2 Å². The summed E-state index contributed by atoms with van der Waals surface area (Å²) in [4.78, 5) is 43.5. The van der Waals surface area contributed by atoms with Crippen LogP contribution in [0.2, 0.25) is 0 Å². The van der Waals surface area contributed by atoms with Crippen LogP contribution in [0.25, 0.3) is 0 Å². The largest absolute Gasteiger partial charge is 0.457 e. The molecule has 3 amide bonds. The molecule has 2 saturated heterocycles. The van der Waals surface area contributed by atoms with Gasteiger partial charge in [-0.05, 0) is 80.0 Å². The van der Waals surface area contributed by atoms with E-state index in [1.54, 1.807) is 31.3 Å². The van der Waals surface area contributed by atoms with Crippen LogP contribution in [0.1, 0.15) is 80.6 Å². The molecule has 0 bridgehead atoms. The van der Waals surface area contributed by atoms with Crippen LogP contribution < -0.4 is 15.4 Å². The van der Waals surface area contributed by atoms with Crippen molar-refractivity contribution in [3.05, 3.63) is 59.7 Å². The molecule has 2 aromatic rings. The number of aliphatic hydroxyl groups excluding tert-OH is 1. The van der Waals surface area contributed by atoms with Crippen LogP contribution in [0.15, 0.2) is 48.5 Å². The molecule has 0 unspecified atom stereocenters. The van der Waals surface area contributed by atoms with Gasteiger partial charge in [0.25, 0.3) is 5.91 Å². The number of hydrogen-bond acceptors (Lipinski definition) is 6. The van der Waals surface area contributed by atoms with E-state index in [0.717, 1.165) is 50.6 Å². The molecule has 2 heterocycles. The van der Waals surface area contributed by atoms with Crippen LogP contribution in [0.3, 0.4) is 0 Å². The summed E-state index contributed by atoms with van der Waals surface area (Å²) in [5, 5.41) is 16.8. The highest BCUT2D eigenvalue weighted by Crippen LogP contribution is 2.36. The van der Waals surface area contributed by atoms with E-state index in [2.05, 4.69) is 22.5 Å².